The van der Waals surface area contributed by atoms with Crippen LogP contribution in [0.3, 0.4) is 0 Å². The van der Waals surface area contributed by atoms with Crippen molar-refractivity contribution in [2.45, 2.75) is 26.2 Å². The molecule has 3 N–H and O–H groups in total. The average Bonchev–Trinajstić information content (AvgIpc) is 3.23. The Morgan fingerprint density at radius 1 is 1.10 bits per heavy atom. The number of nitrogens with two attached hydrogens (primary N) is 1. The molecule has 8 heteroatoms. The average molecular weight is 454 g/mol. The van der Waals surface area contributed by atoms with Crippen LogP contribution in [0, 0.1) is 0 Å². The summed E-state index contributed by atoms with van der Waals surface area (Å²) in [4.78, 5) is 27.5. The summed E-state index contributed by atoms with van der Waals surface area (Å²) in [6.45, 7) is 6.31. The summed E-state index contributed by atoms with van der Waals surface area (Å²) in [5, 5.41) is 4.90. The molecule has 3 aromatic rings. The molecule has 31 heavy (non-hydrogen) atoms. The Kier molecular flexibility index (Phi) is 6.82. The van der Waals surface area contributed by atoms with Crippen LogP contribution < -0.4 is 11.1 Å². The van der Waals surface area contributed by atoms with E-state index >= 15 is 0 Å². The van der Waals surface area contributed by atoms with Crippen molar-refractivity contribution in [3.8, 4) is 10.4 Å². The van der Waals surface area contributed by atoms with Crippen molar-refractivity contribution in [3.05, 3.63) is 71.1 Å². The fourth-order valence-corrected chi connectivity index (χ4v) is 4.30. The molecule has 0 atom stereocenters. The Labute approximate surface area is 187 Å². The number of hydrogen-bond donors (Lipinski definition) is 2. The number of hydrogen-bond acceptors (Lipinski definition) is 5. The van der Waals surface area contributed by atoms with Gasteiger partial charge >= 0.3 is 6.09 Å². The van der Waals surface area contributed by atoms with Gasteiger partial charge in [-0.3, -0.25) is 4.79 Å². The largest absolute Gasteiger partial charge is 0.504 e. The van der Waals surface area contributed by atoms with Crippen molar-refractivity contribution in [2.24, 2.45) is 0 Å². The van der Waals surface area contributed by atoms with Crippen molar-refractivity contribution in [1.82, 2.24) is 4.90 Å². The van der Waals surface area contributed by atoms with E-state index in [1.807, 2.05) is 61.4 Å². The minimum Gasteiger partial charge on any atom is -0.504 e. The number of carbonyl (C=O) groups is 2. The van der Waals surface area contributed by atoms with Crippen molar-refractivity contribution < 1.29 is 14.0 Å². The van der Waals surface area contributed by atoms with Crippen LogP contribution in [0.1, 0.15) is 15.9 Å². The number of amides is 2. The van der Waals surface area contributed by atoms with Crippen LogP contribution in [0.2, 0.25) is 19.6 Å². The van der Waals surface area contributed by atoms with E-state index in [2.05, 4.69) is 5.32 Å². The quantitative estimate of drug-likeness (QED) is 0.373. The zero-order chi connectivity index (χ0) is 22.6. The molecule has 2 aromatic carbocycles. The van der Waals surface area contributed by atoms with Gasteiger partial charge in [0, 0.05) is 24.0 Å². The van der Waals surface area contributed by atoms with Crippen LogP contribution in [0.4, 0.5) is 16.2 Å². The van der Waals surface area contributed by atoms with Crippen LogP contribution in [0.15, 0.2) is 60.0 Å². The van der Waals surface area contributed by atoms with Gasteiger partial charge in [-0.05, 0) is 66.5 Å². The second-order valence-electron chi connectivity index (χ2n) is 8.27. The van der Waals surface area contributed by atoms with Gasteiger partial charge in [0.05, 0.1) is 11.4 Å². The lowest BCUT2D eigenvalue weighted by molar-refractivity contribution is 0.102. The van der Waals surface area contributed by atoms with Gasteiger partial charge < -0.3 is 20.4 Å². The van der Waals surface area contributed by atoms with E-state index in [9.17, 15) is 9.59 Å². The van der Waals surface area contributed by atoms with Gasteiger partial charge in [-0.1, -0.05) is 24.3 Å². The molecule has 0 aliphatic heterocycles. The van der Waals surface area contributed by atoms with Crippen LogP contribution in [0.5, 0.6) is 0 Å². The van der Waals surface area contributed by atoms with Gasteiger partial charge in [-0.15, -0.1) is 11.3 Å². The zero-order valence-electron chi connectivity index (χ0n) is 18.1. The van der Waals surface area contributed by atoms with Crippen LogP contribution >= 0.6 is 11.3 Å². The Balaban J connectivity index is 1.66. The zero-order valence-corrected chi connectivity index (χ0v) is 20.0. The molecule has 3 rings (SSSR count). The molecule has 0 bridgehead atoms. The lowest BCUT2D eigenvalue weighted by Crippen LogP contribution is -2.36. The first-order chi connectivity index (χ1) is 14.6. The molecule has 0 saturated carbocycles. The molecular weight excluding hydrogens is 426 g/mol. The maximum atomic E-state index is 12.7. The number of carbonyl (C=O) groups excluding carboxylic acids is 2. The highest BCUT2D eigenvalue weighted by Crippen LogP contribution is 2.30. The third-order valence-electron chi connectivity index (χ3n) is 4.45. The van der Waals surface area contributed by atoms with Gasteiger partial charge in [-0.25, -0.2) is 4.79 Å². The first-order valence-electron chi connectivity index (χ1n) is 9.90. The summed E-state index contributed by atoms with van der Waals surface area (Å²) in [6.07, 6.45) is -0.331. The summed E-state index contributed by atoms with van der Waals surface area (Å²) in [5.41, 5.74) is 9.57. The molecule has 2 amide bonds. The van der Waals surface area contributed by atoms with Gasteiger partial charge in [-0.2, -0.15) is 0 Å². The number of nitrogens with zero attached hydrogens (tertiary/aromatic N) is 1. The van der Waals surface area contributed by atoms with Gasteiger partial charge in [0.1, 0.15) is 0 Å². The molecule has 0 saturated heterocycles. The molecule has 0 unspecified atom stereocenters. The predicted octanol–water partition coefficient (Wildman–Crippen LogP) is 5.65. The van der Waals surface area contributed by atoms with E-state index in [0.29, 0.717) is 23.5 Å². The molecule has 0 spiro atoms. The smallest absolute Gasteiger partial charge is 0.396 e. The maximum Gasteiger partial charge on any atom is 0.396 e. The molecule has 0 fully saturated rings. The highest BCUT2D eigenvalue weighted by molar-refractivity contribution is 7.13. The fraction of sp³-hybridized carbons (Fsp3) is 0.217. The third-order valence-corrected chi connectivity index (χ3v) is 6.15. The number of thiophene rings is 1. The normalized spacial score (nSPS) is 11.1. The monoisotopic (exact) mass is 453 g/mol. The van der Waals surface area contributed by atoms with E-state index < -0.39 is 8.32 Å². The predicted molar refractivity (Wildman–Crippen MR) is 130 cm³/mol. The number of nitrogens with one attached hydrogen (secondary N) is 1. The van der Waals surface area contributed by atoms with Crippen molar-refractivity contribution in [2.75, 3.05) is 18.1 Å². The summed E-state index contributed by atoms with van der Waals surface area (Å²) in [7, 11) is -0.241. The van der Waals surface area contributed by atoms with Crippen molar-refractivity contribution in [3.63, 3.8) is 0 Å². The van der Waals surface area contributed by atoms with Crippen LogP contribution in [0.25, 0.3) is 10.4 Å². The van der Waals surface area contributed by atoms with Gasteiger partial charge in [0.15, 0.2) is 0 Å². The molecule has 1 aromatic heterocycles. The summed E-state index contributed by atoms with van der Waals surface area (Å²) < 4.78 is 5.50. The second kappa shape index (κ2) is 9.36. The second-order valence-corrected chi connectivity index (χ2v) is 13.6. The first-order valence-corrected chi connectivity index (χ1v) is 14.2. The summed E-state index contributed by atoms with van der Waals surface area (Å²) in [5.74, 6) is -0.243. The van der Waals surface area contributed by atoms with E-state index in [1.165, 1.54) is 4.90 Å². The lowest BCUT2D eigenvalue weighted by Gasteiger charge is -2.23. The Hall–Kier alpha value is -3.10. The van der Waals surface area contributed by atoms with Gasteiger partial charge in [0.25, 0.3) is 5.91 Å². The lowest BCUT2D eigenvalue weighted by atomic mass is 10.1. The van der Waals surface area contributed by atoms with E-state index in [0.717, 1.165) is 16.0 Å². The van der Waals surface area contributed by atoms with E-state index in [4.69, 9.17) is 10.2 Å². The number of rotatable bonds is 6. The minimum atomic E-state index is -1.94. The SMILES string of the molecule is CN(Cc1ccc(C(=O)Nc2cc(-c3cccs3)ccc2N)cc1)C(=O)O[Si](C)(C)C. The molecule has 0 radical (unpaired) electrons. The molecule has 0 aliphatic rings. The summed E-state index contributed by atoms with van der Waals surface area (Å²) >= 11 is 1.63. The number of nitrogen functional groups attached to an aromatic ring is 1. The standard InChI is InChI=1S/C23H27N3O3SSi/c1-26(23(28)29-31(2,3)4)15-16-7-9-17(10-8-16)22(27)25-20-14-18(11-12-19(20)24)21-6-5-13-30-21/h5-14H,15,24H2,1-4H3,(H,25,27). The fourth-order valence-electron chi connectivity index (χ4n) is 2.89. The number of anilines is 2. The topological polar surface area (TPSA) is 84.7 Å². The third kappa shape index (κ3) is 6.19. The van der Waals surface area contributed by atoms with Crippen LogP contribution in [-0.4, -0.2) is 32.3 Å². The minimum absolute atomic E-state index is 0.243. The molecular formula is C23H27N3O3SSi. The van der Waals surface area contributed by atoms with E-state index in [1.54, 1.807) is 36.6 Å². The maximum absolute atomic E-state index is 12.7. The van der Waals surface area contributed by atoms with Crippen molar-refractivity contribution in [1.29, 1.82) is 0 Å². The van der Waals surface area contributed by atoms with Crippen LogP contribution in [-0.2, 0) is 11.0 Å². The Morgan fingerprint density at radius 2 is 1.81 bits per heavy atom. The van der Waals surface area contributed by atoms with Crippen molar-refractivity contribution >= 4 is 43.0 Å². The first kappa shape index (κ1) is 22.6. The number of benzene rings is 2. The Bertz CT molecular complexity index is 1060. The molecule has 6 nitrogen and oxygen atoms in total. The molecule has 1 heterocycles. The molecule has 162 valence electrons. The Morgan fingerprint density at radius 3 is 2.42 bits per heavy atom. The highest BCUT2D eigenvalue weighted by Gasteiger charge is 2.22. The molecule has 0 aliphatic carbocycles. The summed E-state index contributed by atoms with van der Waals surface area (Å²) in [6, 6.07) is 16.8. The highest BCUT2D eigenvalue weighted by atomic mass is 32.1. The van der Waals surface area contributed by atoms with Gasteiger partial charge in [0.2, 0.25) is 8.32 Å². The van der Waals surface area contributed by atoms with E-state index in [-0.39, 0.29) is 12.0 Å².